The fraction of sp³-hybridized carbons (Fsp3) is 0.333. The molecular weight excluding hydrogens is 254 g/mol. The van der Waals surface area contributed by atoms with Gasteiger partial charge in [-0.25, -0.2) is 4.79 Å². The molecule has 1 atom stereocenters. The third-order valence-electron chi connectivity index (χ3n) is 3.64. The number of nitrogens with zero attached hydrogens (tertiary/aromatic N) is 2. The first-order valence-corrected chi connectivity index (χ1v) is 6.77. The van der Waals surface area contributed by atoms with Crippen molar-refractivity contribution in [2.24, 2.45) is 0 Å². The number of likely N-dealkylation sites (tertiary alicyclic amines) is 1. The first-order valence-electron chi connectivity index (χ1n) is 6.77. The van der Waals surface area contributed by atoms with Gasteiger partial charge in [0.2, 0.25) is 0 Å². The molecule has 0 saturated carbocycles. The summed E-state index contributed by atoms with van der Waals surface area (Å²) in [5, 5.41) is 12.4. The van der Waals surface area contributed by atoms with Crippen LogP contribution in [-0.4, -0.2) is 40.2 Å². The molecule has 1 aliphatic heterocycles. The van der Waals surface area contributed by atoms with E-state index in [1.54, 1.807) is 0 Å². The molecule has 0 radical (unpaired) electrons. The number of carbonyl (C=O) groups is 1. The first kappa shape index (κ1) is 12.9. The molecule has 1 aromatic carbocycles. The summed E-state index contributed by atoms with van der Waals surface area (Å²) < 4.78 is 0. The quantitative estimate of drug-likeness (QED) is 0.897. The van der Waals surface area contributed by atoms with Crippen LogP contribution < -0.4 is 5.32 Å². The van der Waals surface area contributed by atoms with Gasteiger partial charge in [0.25, 0.3) is 0 Å². The van der Waals surface area contributed by atoms with Crippen molar-refractivity contribution in [2.45, 2.75) is 19.0 Å². The van der Waals surface area contributed by atoms with Gasteiger partial charge >= 0.3 is 6.09 Å². The van der Waals surface area contributed by atoms with Crippen LogP contribution >= 0.6 is 0 Å². The third-order valence-corrected chi connectivity index (χ3v) is 3.64. The highest BCUT2D eigenvalue weighted by Gasteiger charge is 2.23. The molecule has 0 aliphatic carbocycles. The summed E-state index contributed by atoms with van der Waals surface area (Å²) in [6, 6.07) is 12.2. The van der Waals surface area contributed by atoms with Crippen molar-refractivity contribution >= 4 is 17.0 Å². The van der Waals surface area contributed by atoms with Gasteiger partial charge in [-0.1, -0.05) is 24.3 Å². The van der Waals surface area contributed by atoms with E-state index in [0.29, 0.717) is 0 Å². The zero-order valence-electron chi connectivity index (χ0n) is 11.1. The van der Waals surface area contributed by atoms with Crippen molar-refractivity contribution < 1.29 is 9.90 Å². The lowest BCUT2D eigenvalue weighted by Gasteiger charge is -2.15. The van der Waals surface area contributed by atoms with Crippen LogP contribution in [0.1, 0.15) is 12.1 Å². The summed E-state index contributed by atoms with van der Waals surface area (Å²) in [5.74, 6) is 0. The Morgan fingerprint density at radius 1 is 1.35 bits per heavy atom. The lowest BCUT2D eigenvalue weighted by atomic mass is 10.2. The maximum atomic E-state index is 10.6. The van der Waals surface area contributed by atoms with Crippen molar-refractivity contribution in [1.82, 2.24) is 15.2 Å². The number of rotatable bonds is 3. The van der Waals surface area contributed by atoms with Crippen LogP contribution in [0.15, 0.2) is 36.4 Å². The summed E-state index contributed by atoms with van der Waals surface area (Å²) in [6.07, 6.45) is -0.0828. The zero-order valence-corrected chi connectivity index (χ0v) is 11.1. The number of hydrogen-bond donors (Lipinski definition) is 2. The highest BCUT2D eigenvalue weighted by atomic mass is 16.4. The Morgan fingerprint density at radius 2 is 2.20 bits per heavy atom. The molecule has 0 spiro atoms. The van der Waals surface area contributed by atoms with Crippen molar-refractivity contribution in [3.05, 3.63) is 42.1 Å². The number of fused-ring (bicyclic) bond motifs is 1. The maximum Gasteiger partial charge on any atom is 0.404 e. The Labute approximate surface area is 117 Å². The predicted molar refractivity (Wildman–Crippen MR) is 76.6 cm³/mol. The monoisotopic (exact) mass is 271 g/mol. The minimum atomic E-state index is -0.944. The normalized spacial score (nSPS) is 19.3. The van der Waals surface area contributed by atoms with Crippen molar-refractivity contribution in [1.29, 1.82) is 0 Å². The van der Waals surface area contributed by atoms with Gasteiger partial charge in [0, 0.05) is 31.1 Å². The predicted octanol–water partition coefficient (Wildman–Crippen LogP) is 2.08. The average molecular weight is 271 g/mol. The first-order chi connectivity index (χ1) is 9.70. The number of nitrogens with one attached hydrogen (secondary N) is 1. The van der Waals surface area contributed by atoms with Crippen LogP contribution in [-0.2, 0) is 6.54 Å². The number of amides is 1. The number of pyridine rings is 1. The lowest BCUT2D eigenvalue weighted by Crippen LogP contribution is -2.35. The Bertz CT molecular complexity index is 629. The third kappa shape index (κ3) is 2.88. The molecule has 2 heterocycles. The highest BCUT2D eigenvalue weighted by Crippen LogP contribution is 2.16. The van der Waals surface area contributed by atoms with Gasteiger partial charge in [0.15, 0.2) is 0 Å². The number of hydrogen-bond acceptors (Lipinski definition) is 3. The average Bonchev–Trinajstić information content (AvgIpc) is 2.85. The number of benzene rings is 1. The van der Waals surface area contributed by atoms with Crippen LogP contribution in [0, 0.1) is 0 Å². The largest absolute Gasteiger partial charge is 0.465 e. The molecule has 1 aliphatic rings. The van der Waals surface area contributed by atoms with Gasteiger partial charge in [-0.15, -0.1) is 0 Å². The van der Waals surface area contributed by atoms with Gasteiger partial charge in [-0.05, 0) is 18.6 Å². The van der Waals surface area contributed by atoms with Crippen molar-refractivity contribution in [3.8, 4) is 0 Å². The Kier molecular flexibility index (Phi) is 3.52. The van der Waals surface area contributed by atoms with Crippen LogP contribution in [0.2, 0.25) is 0 Å². The van der Waals surface area contributed by atoms with Gasteiger partial charge in [0.1, 0.15) is 0 Å². The summed E-state index contributed by atoms with van der Waals surface area (Å²) in [5.41, 5.74) is 2.03. The zero-order chi connectivity index (χ0) is 13.9. The molecule has 5 heteroatoms. The number of aromatic nitrogens is 1. The van der Waals surface area contributed by atoms with E-state index < -0.39 is 6.09 Å². The molecule has 1 amide bonds. The smallest absolute Gasteiger partial charge is 0.404 e. The molecule has 2 N–H and O–H groups in total. The van der Waals surface area contributed by atoms with E-state index in [9.17, 15) is 4.79 Å². The summed E-state index contributed by atoms with van der Waals surface area (Å²) in [6.45, 7) is 2.42. The van der Waals surface area contributed by atoms with Gasteiger partial charge in [-0.3, -0.25) is 9.88 Å². The number of carboxylic acid groups (broad SMARTS) is 1. The van der Waals surface area contributed by atoms with E-state index in [2.05, 4.69) is 27.3 Å². The van der Waals surface area contributed by atoms with E-state index in [0.717, 1.165) is 42.7 Å². The van der Waals surface area contributed by atoms with Crippen LogP contribution in [0.4, 0.5) is 4.79 Å². The topological polar surface area (TPSA) is 65.5 Å². The van der Waals surface area contributed by atoms with E-state index in [1.165, 1.54) is 0 Å². The van der Waals surface area contributed by atoms with E-state index in [4.69, 9.17) is 5.11 Å². The Balaban J connectivity index is 1.66. The van der Waals surface area contributed by atoms with Crippen LogP contribution in [0.5, 0.6) is 0 Å². The highest BCUT2D eigenvalue weighted by molar-refractivity contribution is 5.78. The SMILES string of the molecule is O=C(O)N[C@@H]1CCN(Cc2ccc3ccccc3n2)C1. The second-order valence-electron chi connectivity index (χ2n) is 5.17. The van der Waals surface area contributed by atoms with E-state index in [-0.39, 0.29) is 6.04 Å². The van der Waals surface area contributed by atoms with Crippen LogP contribution in [0.25, 0.3) is 10.9 Å². The summed E-state index contributed by atoms with van der Waals surface area (Å²) in [4.78, 5) is 17.5. The molecular formula is C15H17N3O2. The minimum absolute atomic E-state index is 0.0351. The summed E-state index contributed by atoms with van der Waals surface area (Å²) in [7, 11) is 0. The fourth-order valence-corrected chi connectivity index (χ4v) is 2.69. The Morgan fingerprint density at radius 3 is 3.05 bits per heavy atom. The second-order valence-corrected chi connectivity index (χ2v) is 5.17. The van der Waals surface area contributed by atoms with Crippen LogP contribution in [0.3, 0.4) is 0 Å². The maximum absolute atomic E-state index is 10.6. The molecule has 5 nitrogen and oxygen atoms in total. The van der Waals surface area contributed by atoms with Crippen molar-refractivity contribution in [2.75, 3.05) is 13.1 Å². The van der Waals surface area contributed by atoms with Crippen molar-refractivity contribution in [3.63, 3.8) is 0 Å². The lowest BCUT2D eigenvalue weighted by molar-refractivity contribution is 0.189. The standard InChI is InChI=1S/C15H17N3O2/c19-15(20)17-13-7-8-18(10-13)9-12-6-5-11-3-1-2-4-14(11)16-12/h1-6,13,17H,7-10H2,(H,19,20)/t13-/m1/s1. The number of para-hydroxylation sites is 1. The molecule has 1 aromatic heterocycles. The van der Waals surface area contributed by atoms with Gasteiger partial charge in [0.05, 0.1) is 11.2 Å². The minimum Gasteiger partial charge on any atom is -0.465 e. The molecule has 2 aromatic rings. The molecule has 3 rings (SSSR count). The van der Waals surface area contributed by atoms with E-state index in [1.807, 2.05) is 24.3 Å². The molecule has 1 saturated heterocycles. The van der Waals surface area contributed by atoms with Gasteiger partial charge in [-0.2, -0.15) is 0 Å². The molecule has 20 heavy (non-hydrogen) atoms. The van der Waals surface area contributed by atoms with Gasteiger partial charge < -0.3 is 10.4 Å². The Hall–Kier alpha value is -2.14. The molecule has 1 fully saturated rings. The second kappa shape index (κ2) is 5.46. The fourth-order valence-electron chi connectivity index (χ4n) is 2.69. The molecule has 104 valence electrons. The molecule has 0 bridgehead atoms. The molecule has 0 unspecified atom stereocenters. The van der Waals surface area contributed by atoms with E-state index >= 15 is 0 Å². The summed E-state index contributed by atoms with van der Waals surface area (Å²) >= 11 is 0.